The highest BCUT2D eigenvalue weighted by Gasteiger charge is 2.05. The van der Waals surface area contributed by atoms with Crippen molar-refractivity contribution in [1.29, 1.82) is 0 Å². The lowest BCUT2D eigenvalue weighted by Crippen LogP contribution is -2.08. The second-order valence-electron chi connectivity index (χ2n) is 3.24. The van der Waals surface area contributed by atoms with Crippen molar-refractivity contribution < 1.29 is 15.0 Å². The van der Waals surface area contributed by atoms with Gasteiger partial charge in [-0.25, -0.2) is 4.68 Å². The lowest BCUT2D eigenvalue weighted by molar-refractivity contribution is -0.137. The van der Waals surface area contributed by atoms with Gasteiger partial charge in [0.1, 0.15) is 18.0 Å². The number of aromatic nitrogens is 3. The zero-order chi connectivity index (χ0) is 11.5. The zero-order valence-electron chi connectivity index (χ0n) is 8.24. The molecule has 0 aliphatic carbocycles. The SMILES string of the molecule is O=C(O)Cn1cc(-c2ccc(O)cc2)nn1. The second kappa shape index (κ2) is 4.01. The van der Waals surface area contributed by atoms with Gasteiger partial charge < -0.3 is 10.2 Å². The van der Waals surface area contributed by atoms with Crippen molar-refractivity contribution in [3.63, 3.8) is 0 Å². The number of hydrogen-bond donors (Lipinski definition) is 2. The number of aromatic hydroxyl groups is 1. The Morgan fingerprint density at radius 1 is 1.31 bits per heavy atom. The molecule has 1 aromatic heterocycles. The molecule has 1 heterocycles. The maximum Gasteiger partial charge on any atom is 0.325 e. The van der Waals surface area contributed by atoms with Crippen molar-refractivity contribution in [3.05, 3.63) is 30.5 Å². The van der Waals surface area contributed by atoms with Gasteiger partial charge in [-0.3, -0.25) is 4.79 Å². The molecule has 2 rings (SSSR count). The van der Waals surface area contributed by atoms with E-state index in [9.17, 15) is 4.79 Å². The normalized spacial score (nSPS) is 10.2. The van der Waals surface area contributed by atoms with E-state index in [1.807, 2.05) is 0 Å². The maximum atomic E-state index is 10.4. The van der Waals surface area contributed by atoms with Crippen LogP contribution < -0.4 is 0 Å². The molecular formula is C10H9N3O3. The molecule has 2 aromatic rings. The summed E-state index contributed by atoms with van der Waals surface area (Å²) in [7, 11) is 0. The first kappa shape index (κ1) is 10.2. The van der Waals surface area contributed by atoms with E-state index in [0.29, 0.717) is 5.69 Å². The first-order valence-electron chi connectivity index (χ1n) is 4.56. The van der Waals surface area contributed by atoms with Gasteiger partial charge in [0.2, 0.25) is 0 Å². The largest absolute Gasteiger partial charge is 0.508 e. The van der Waals surface area contributed by atoms with Crippen LogP contribution in [0.1, 0.15) is 0 Å². The number of hydrogen-bond acceptors (Lipinski definition) is 4. The minimum absolute atomic E-state index is 0.168. The van der Waals surface area contributed by atoms with E-state index in [1.54, 1.807) is 18.3 Å². The summed E-state index contributed by atoms with van der Waals surface area (Å²) in [6, 6.07) is 6.44. The average molecular weight is 219 g/mol. The quantitative estimate of drug-likeness (QED) is 0.794. The van der Waals surface area contributed by atoms with Crippen LogP contribution in [0.25, 0.3) is 11.3 Å². The van der Waals surface area contributed by atoms with Crippen LogP contribution in [0.4, 0.5) is 0 Å². The highest BCUT2D eigenvalue weighted by molar-refractivity contribution is 5.66. The van der Waals surface area contributed by atoms with E-state index in [2.05, 4.69) is 10.3 Å². The molecule has 0 aliphatic heterocycles. The Labute approximate surface area is 90.8 Å². The van der Waals surface area contributed by atoms with Crippen LogP contribution in [0.2, 0.25) is 0 Å². The van der Waals surface area contributed by atoms with Crippen LogP contribution >= 0.6 is 0 Å². The third-order valence-electron chi connectivity index (χ3n) is 2.00. The minimum atomic E-state index is -0.970. The fraction of sp³-hybridized carbons (Fsp3) is 0.100. The van der Waals surface area contributed by atoms with E-state index in [1.165, 1.54) is 16.8 Å². The number of carboxylic acid groups (broad SMARTS) is 1. The Balaban J connectivity index is 2.24. The van der Waals surface area contributed by atoms with E-state index in [-0.39, 0.29) is 12.3 Å². The zero-order valence-corrected chi connectivity index (χ0v) is 8.24. The first-order valence-corrected chi connectivity index (χ1v) is 4.56. The van der Waals surface area contributed by atoms with Crippen LogP contribution in [-0.2, 0) is 11.3 Å². The van der Waals surface area contributed by atoms with Crippen molar-refractivity contribution in [2.75, 3.05) is 0 Å². The lowest BCUT2D eigenvalue weighted by atomic mass is 10.2. The molecule has 0 fully saturated rings. The molecule has 6 nitrogen and oxygen atoms in total. The molecule has 0 bridgehead atoms. The Kier molecular flexibility index (Phi) is 2.55. The topological polar surface area (TPSA) is 88.2 Å². The summed E-state index contributed by atoms with van der Waals surface area (Å²) < 4.78 is 1.24. The Bertz CT molecular complexity index is 504. The maximum absolute atomic E-state index is 10.4. The number of phenolic OH excluding ortho intramolecular Hbond substituents is 1. The van der Waals surface area contributed by atoms with E-state index in [4.69, 9.17) is 10.2 Å². The van der Waals surface area contributed by atoms with E-state index < -0.39 is 5.97 Å². The van der Waals surface area contributed by atoms with Crippen molar-refractivity contribution >= 4 is 5.97 Å². The predicted octanol–water partition coefficient (Wildman–Crippen LogP) is 0.735. The van der Waals surface area contributed by atoms with Crippen LogP contribution in [-0.4, -0.2) is 31.2 Å². The van der Waals surface area contributed by atoms with Crippen LogP contribution in [0, 0.1) is 0 Å². The monoisotopic (exact) mass is 219 g/mol. The highest BCUT2D eigenvalue weighted by Crippen LogP contribution is 2.18. The predicted molar refractivity (Wildman–Crippen MR) is 54.8 cm³/mol. The standard InChI is InChI=1S/C10H9N3O3/c14-8-3-1-7(2-4-8)9-5-13(12-11-9)6-10(15)16/h1-5,14H,6H2,(H,15,16). The van der Waals surface area contributed by atoms with Gasteiger partial charge in [0.25, 0.3) is 0 Å². The van der Waals surface area contributed by atoms with Gasteiger partial charge in [0.15, 0.2) is 0 Å². The fourth-order valence-corrected chi connectivity index (χ4v) is 1.28. The molecule has 2 N–H and O–H groups in total. The van der Waals surface area contributed by atoms with E-state index >= 15 is 0 Å². The van der Waals surface area contributed by atoms with Gasteiger partial charge in [-0.15, -0.1) is 5.10 Å². The number of phenols is 1. The number of benzene rings is 1. The molecule has 0 saturated carbocycles. The summed E-state index contributed by atoms with van der Waals surface area (Å²) in [5.41, 5.74) is 1.34. The smallest absolute Gasteiger partial charge is 0.325 e. The minimum Gasteiger partial charge on any atom is -0.508 e. The Morgan fingerprint density at radius 3 is 2.62 bits per heavy atom. The third-order valence-corrected chi connectivity index (χ3v) is 2.00. The van der Waals surface area contributed by atoms with Crippen LogP contribution in [0.15, 0.2) is 30.5 Å². The van der Waals surface area contributed by atoms with Gasteiger partial charge in [0.05, 0.1) is 6.20 Å². The molecule has 0 amide bonds. The van der Waals surface area contributed by atoms with Gasteiger partial charge in [-0.2, -0.15) is 0 Å². The molecule has 0 atom stereocenters. The second-order valence-corrected chi connectivity index (χ2v) is 3.24. The number of carbonyl (C=O) groups is 1. The molecule has 16 heavy (non-hydrogen) atoms. The molecular weight excluding hydrogens is 210 g/mol. The van der Waals surface area contributed by atoms with Gasteiger partial charge in [0, 0.05) is 5.56 Å². The summed E-state index contributed by atoms with van der Waals surface area (Å²) in [4.78, 5) is 10.4. The van der Waals surface area contributed by atoms with Crippen molar-refractivity contribution in [3.8, 4) is 17.0 Å². The molecule has 0 radical (unpaired) electrons. The van der Waals surface area contributed by atoms with Crippen molar-refractivity contribution in [2.24, 2.45) is 0 Å². The number of nitrogens with zero attached hydrogens (tertiary/aromatic N) is 3. The molecule has 0 unspecified atom stereocenters. The van der Waals surface area contributed by atoms with Crippen molar-refractivity contribution in [2.45, 2.75) is 6.54 Å². The Morgan fingerprint density at radius 2 is 2.00 bits per heavy atom. The molecule has 82 valence electrons. The van der Waals surface area contributed by atoms with E-state index in [0.717, 1.165) is 5.56 Å². The van der Waals surface area contributed by atoms with Crippen LogP contribution in [0.3, 0.4) is 0 Å². The lowest BCUT2D eigenvalue weighted by Gasteiger charge is -1.95. The highest BCUT2D eigenvalue weighted by atomic mass is 16.4. The summed E-state index contributed by atoms with van der Waals surface area (Å²) >= 11 is 0. The summed E-state index contributed by atoms with van der Waals surface area (Å²) in [5.74, 6) is -0.802. The first-order chi connectivity index (χ1) is 7.65. The summed E-state index contributed by atoms with van der Waals surface area (Å²) in [6.45, 7) is -0.217. The summed E-state index contributed by atoms with van der Waals surface area (Å²) in [5, 5.41) is 25.2. The summed E-state index contributed by atoms with van der Waals surface area (Å²) in [6.07, 6.45) is 1.54. The van der Waals surface area contributed by atoms with Gasteiger partial charge in [-0.1, -0.05) is 5.21 Å². The molecule has 1 aromatic carbocycles. The van der Waals surface area contributed by atoms with Gasteiger partial charge >= 0.3 is 5.97 Å². The van der Waals surface area contributed by atoms with Crippen LogP contribution in [0.5, 0.6) is 5.75 Å². The number of rotatable bonds is 3. The number of carboxylic acids is 1. The van der Waals surface area contributed by atoms with Crippen molar-refractivity contribution in [1.82, 2.24) is 15.0 Å². The third kappa shape index (κ3) is 2.17. The fourth-order valence-electron chi connectivity index (χ4n) is 1.28. The molecule has 0 aliphatic rings. The molecule has 0 spiro atoms. The van der Waals surface area contributed by atoms with Gasteiger partial charge in [-0.05, 0) is 24.3 Å². The number of aliphatic carboxylic acids is 1. The Hall–Kier alpha value is -2.37. The molecule has 0 saturated heterocycles. The average Bonchev–Trinajstić information content (AvgIpc) is 2.66. The molecule has 6 heteroatoms.